The van der Waals surface area contributed by atoms with Crippen molar-refractivity contribution in [3.05, 3.63) is 71.7 Å². The van der Waals surface area contributed by atoms with Gasteiger partial charge in [0.2, 0.25) is 0 Å². The first-order valence-electron chi connectivity index (χ1n) is 11.0. The molecule has 6 heteroatoms. The molecule has 0 unspecified atom stereocenters. The lowest BCUT2D eigenvalue weighted by Crippen LogP contribution is -2.43. The number of fused-ring (bicyclic) bond motifs is 2. The van der Waals surface area contributed by atoms with Gasteiger partial charge < -0.3 is 19.5 Å². The Hall–Kier alpha value is -2.70. The highest BCUT2D eigenvalue weighted by Crippen LogP contribution is 2.36. The maximum absolute atomic E-state index is 13.1. The van der Waals surface area contributed by atoms with E-state index >= 15 is 0 Å². The van der Waals surface area contributed by atoms with Crippen molar-refractivity contribution in [2.75, 3.05) is 7.05 Å². The predicted octanol–water partition coefficient (Wildman–Crippen LogP) is 4.77. The van der Waals surface area contributed by atoms with Crippen LogP contribution in [0.15, 0.2) is 59.1 Å². The highest BCUT2D eigenvalue weighted by Gasteiger charge is 2.39. The molecule has 2 aromatic carbocycles. The Bertz CT molecular complexity index is 1010. The number of benzene rings is 2. The maximum atomic E-state index is 13.1. The third-order valence-corrected chi connectivity index (χ3v) is 6.58. The molecular formula is C25H28FN3O2. The molecule has 3 aromatic rings. The summed E-state index contributed by atoms with van der Waals surface area (Å²) in [7, 11) is 2.25. The summed E-state index contributed by atoms with van der Waals surface area (Å²) in [5.74, 6) is 1.33. The Morgan fingerprint density at radius 3 is 2.61 bits per heavy atom. The van der Waals surface area contributed by atoms with E-state index in [-0.39, 0.29) is 5.82 Å². The Morgan fingerprint density at radius 1 is 1.06 bits per heavy atom. The van der Waals surface area contributed by atoms with Crippen LogP contribution in [0.2, 0.25) is 0 Å². The van der Waals surface area contributed by atoms with Crippen LogP contribution in [-0.2, 0) is 13.1 Å². The van der Waals surface area contributed by atoms with E-state index in [2.05, 4.69) is 46.7 Å². The molecule has 2 aliphatic heterocycles. The molecule has 0 amide bonds. The topological polar surface area (TPSA) is 50.5 Å². The molecule has 3 heterocycles. The molecule has 2 aliphatic rings. The van der Waals surface area contributed by atoms with Crippen molar-refractivity contribution >= 4 is 0 Å². The Kier molecular flexibility index (Phi) is 5.74. The summed E-state index contributed by atoms with van der Waals surface area (Å²) in [4.78, 5) is 2.53. The van der Waals surface area contributed by atoms with Gasteiger partial charge in [-0.15, -0.1) is 0 Å². The minimum Gasteiger partial charge on any atom is -0.490 e. The molecule has 5 rings (SSSR count). The molecule has 1 aromatic heterocycles. The van der Waals surface area contributed by atoms with Gasteiger partial charge in [-0.05, 0) is 74.7 Å². The molecule has 31 heavy (non-hydrogen) atoms. The third-order valence-electron chi connectivity index (χ3n) is 6.58. The summed E-state index contributed by atoms with van der Waals surface area (Å²) in [6.07, 6.45) is 5.17. The van der Waals surface area contributed by atoms with Crippen LogP contribution in [0.3, 0.4) is 0 Å². The number of aromatic nitrogens is 1. The van der Waals surface area contributed by atoms with Crippen LogP contribution < -0.4 is 10.1 Å². The van der Waals surface area contributed by atoms with Crippen LogP contribution in [0.1, 0.15) is 36.9 Å². The quantitative estimate of drug-likeness (QED) is 0.595. The number of rotatable bonds is 7. The maximum Gasteiger partial charge on any atom is 0.167 e. The Labute approximate surface area is 182 Å². The second-order valence-electron chi connectivity index (χ2n) is 8.70. The van der Waals surface area contributed by atoms with E-state index in [1.165, 1.54) is 30.5 Å². The number of hydrogen-bond acceptors (Lipinski definition) is 5. The van der Waals surface area contributed by atoms with Gasteiger partial charge in [0, 0.05) is 36.8 Å². The average Bonchev–Trinajstić information content (AvgIpc) is 3.30. The first-order chi connectivity index (χ1) is 15.1. The first-order valence-corrected chi connectivity index (χ1v) is 11.0. The summed E-state index contributed by atoms with van der Waals surface area (Å²) in [6.45, 7) is 1.31. The van der Waals surface area contributed by atoms with Crippen LogP contribution in [0.5, 0.6) is 5.75 Å². The van der Waals surface area contributed by atoms with Crippen LogP contribution in [0.4, 0.5) is 4.39 Å². The minimum atomic E-state index is -0.264. The van der Waals surface area contributed by atoms with Crippen molar-refractivity contribution in [1.82, 2.24) is 15.4 Å². The van der Waals surface area contributed by atoms with Crippen molar-refractivity contribution < 1.29 is 13.7 Å². The second kappa shape index (κ2) is 8.81. The van der Waals surface area contributed by atoms with E-state index in [1.54, 1.807) is 12.1 Å². The average molecular weight is 422 g/mol. The molecule has 0 radical (unpaired) electrons. The second-order valence-corrected chi connectivity index (χ2v) is 8.70. The van der Waals surface area contributed by atoms with Gasteiger partial charge in [-0.3, -0.25) is 0 Å². The zero-order chi connectivity index (χ0) is 21.2. The van der Waals surface area contributed by atoms with Gasteiger partial charge in [-0.25, -0.2) is 4.39 Å². The van der Waals surface area contributed by atoms with Gasteiger partial charge in [0.15, 0.2) is 5.76 Å². The number of piperidine rings is 1. The molecule has 0 aliphatic carbocycles. The largest absolute Gasteiger partial charge is 0.490 e. The number of halogens is 1. The fraction of sp³-hybridized carbons (Fsp3) is 0.400. The van der Waals surface area contributed by atoms with Crippen molar-refractivity contribution in [3.8, 4) is 17.1 Å². The number of hydrogen-bond donors (Lipinski definition) is 1. The summed E-state index contributed by atoms with van der Waals surface area (Å²) in [5, 5.41) is 7.52. The number of nitrogens with zero attached hydrogens (tertiary/aromatic N) is 2. The zero-order valence-corrected chi connectivity index (χ0v) is 17.8. The first kappa shape index (κ1) is 20.2. The smallest absolute Gasteiger partial charge is 0.167 e. The summed E-state index contributed by atoms with van der Waals surface area (Å²) < 4.78 is 24.8. The van der Waals surface area contributed by atoms with E-state index in [1.807, 2.05) is 6.07 Å². The van der Waals surface area contributed by atoms with Crippen molar-refractivity contribution in [1.29, 1.82) is 0 Å². The summed E-state index contributed by atoms with van der Waals surface area (Å²) in [5.41, 5.74) is 2.80. The monoisotopic (exact) mass is 421 g/mol. The lowest BCUT2D eigenvalue weighted by atomic mass is 10.0. The van der Waals surface area contributed by atoms with Gasteiger partial charge in [-0.1, -0.05) is 17.3 Å². The van der Waals surface area contributed by atoms with Crippen LogP contribution in [0, 0.1) is 5.82 Å². The van der Waals surface area contributed by atoms with E-state index in [4.69, 9.17) is 9.26 Å². The molecule has 1 N–H and O–H groups in total. The van der Waals surface area contributed by atoms with E-state index < -0.39 is 0 Å². The highest BCUT2D eigenvalue weighted by molar-refractivity contribution is 5.57. The summed E-state index contributed by atoms with van der Waals surface area (Å²) in [6, 6.07) is 17.8. The van der Waals surface area contributed by atoms with Crippen molar-refractivity contribution in [2.24, 2.45) is 0 Å². The lowest BCUT2D eigenvalue weighted by Gasteiger charge is -2.36. The van der Waals surface area contributed by atoms with E-state index in [9.17, 15) is 4.39 Å². The van der Waals surface area contributed by atoms with Crippen molar-refractivity contribution in [2.45, 2.75) is 57.0 Å². The molecule has 0 spiro atoms. The minimum absolute atomic E-state index is 0.264. The highest BCUT2D eigenvalue weighted by atomic mass is 19.1. The Morgan fingerprint density at radius 2 is 1.84 bits per heavy atom. The molecule has 2 bridgehead atoms. The third kappa shape index (κ3) is 4.65. The van der Waals surface area contributed by atoms with Crippen LogP contribution in [0.25, 0.3) is 11.3 Å². The van der Waals surface area contributed by atoms with E-state index in [0.717, 1.165) is 29.8 Å². The fourth-order valence-corrected chi connectivity index (χ4v) is 4.86. The van der Waals surface area contributed by atoms with Gasteiger partial charge >= 0.3 is 0 Å². The molecule has 2 fully saturated rings. The standard InChI is InChI=1S/C25H28FN3O2/c1-29-21-9-10-22(29)14-24(13-21)30-23-4-2-3-17(11-23)15-27-16-20-12-25(31-28-20)18-5-7-19(26)8-6-18/h2-8,11-12,21-22,24,27H,9-10,13-16H2,1H3/t21-,22-/m0/s1. The van der Waals surface area contributed by atoms with Crippen LogP contribution in [-0.4, -0.2) is 35.3 Å². The number of ether oxygens (including phenoxy) is 1. The molecule has 2 saturated heterocycles. The van der Waals surface area contributed by atoms with Gasteiger partial charge in [0.25, 0.3) is 0 Å². The molecule has 5 nitrogen and oxygen atoms in total. The Balaban J connectivity index is 1.13. The normalized spacial score (nSPS) is 23.2. The SMILES string of the molecule is CN1[C@H]2CC[C@H]1CC(Oc1cccc(CNCc3cc(-c4ccc(F)cc4)on3)c1)C2. The van der Waals surface area contributed by atoms with Gasteiger partial charge in [0.05, 0.1) is 5.69 Å². The molecule has 162 valence electrons. The summed E-state index contributed by atoms with van der Waals surface area (Å²) >= 11 is 0. The predicted molar refractivity (Wildman–Crippen MR) is 117 cm³/mol. The van der Waals surface area contributed by atoms with Gasteiger partial charge in [-0.2, -0.15) is 0 Å². The van der Waals surface area contributed by atoms with Gasteiger partial charge in [0.1, 0.15) is 17.7 Å². The zero-order valence-electron chi connectivity index (χ0n) is 17.8. The molecule has 0 saturated carbocycles. The van der Waals surface area contributed by atoms with Crippen molar-refractivity contribution in [3.63, 3.8) is 0 Å². The fourth-order valence-electron chi connectivity index (χ4n) is 4.86. The van der Waals surface area contributed by atoms with E-state index in [0.29, 0.717) is 37.0 Å². The molecule has 2 atom stereocenters. The number of nitrogens with one attached hydrogen (secondary N) is 1. The lowest BCUT2D eigenvalue weighted by molar-refractivity contribution is 0.0661. The molecular weight excluding hydrogens is 393 g/mol. The van der Waals surface area contributed by atoms with Crippen LogP contribution >= 0.6 is 0 Å².